The van der Waals surface area contributed by atoms with Crippen molar-refractivity contribution in [3.8, 4) is 0 Å². The second kappa shape index (κ2) is 16.8. The van der Waals surface area contributed by atoms with Crippen LogP contribution in [0.25, 0.3) is 0 Å². The molecule has 0 aliphatic carbocycles. The first-order chi connectivity index (χ1) is 13.0. The van der Waals surface area contributed by atoms with Crippen molar-refractivity contribution in [1.29, 1.82) is 0 Å². The molecule has 2 unspecified atom stereocenters. The predicted molar refractivity (Wildman–Crippen MR) is 123 cm³/mol. The summed E-state index contributed by atoms with van der Waals surface area (Å²) in [6, 6.07) is 1.39. The van der Waals surface area contributed by atoms with Crippen molar-refractivity contribution >= 4 is 0 Å². The zero-order valence-electron chi connectivity index (χ0n) is 20.1. The maximum Gasteiger partial charge on any atom is 0.0122 e. The molecule has 0 saturated heterocycles. The molecule has 4 heteroatoms. The molecule has 0 saturated carbocycles. The highest BCUT2D eigenvalue weighted by atomic mass is 15.2. The molecule has 0 rings (SSSR count). The normalized spacial score (nSPS) is 14.7. The van der Waals surface area contributed by atoms with Gasteiger partial charge in [0.15, 0.2) is 0 Å². The minimum absolute atomic E-state index is 0.697. The highest BCUT2D eigenvalue weighted by molar-refractivity contribution is 4.81. The fourth-order valence-electron chi connectivity index (χ4n) is 4.44. The van der Waals surface area contributed by atoms with Crippen molar-refractivity contribution < 1.29 is 0 Å². The first kappa shape index (κ1) is 26.8. The number of nitrogens with zero attached hydrogens (tertiary/aromatic N) is 4. The highest BCUT2D eigenvalue weighted by Crippen LogP contribution is 2.19. The second-order valence-electron chi connectivity index (χ2n) is 7.62. The van der Waals surface area contributed by atoms with Crippen molar-refractivity contribution in [2.45, 2.75) is 86.7 Å². The van der Waals surface area contributed by atoms with Gasteiger partial charge in [0.05, 0.1) is 0 Å². The molecule has 0 N–H and O–H groups in total. The summed E-state index contributed by atoms with van der Waals surface area (Å²) in [7, 11) is 0. The standard InChI is InChI=1S/C23H52N4/c1-9-24(10-2)19-17-22(26(13-5)14-6)21-23(27(15-7)16-8)18-20-25(11-3)12-4/h22-23H,9-21H2,1-8H3. The molecule has 0 aromatic heterocycles. The van der Waals surface area contributed by atoms with E-state index >= 15 is 0 Å². The Kier molecular flexibility index (Phi) is 16.7. The predicted octanol–water partition coefficient (Wildman–Crippen LogP) is 4.26. The maximum atomic E-state index is 2.71. The van der Waals surface area contributed by atoms with Crippen LogP contribution in [0.3, 0.4) is 0 Å². The Morgan fingerprint density at radius 3 is 0.963 bits per heavy atom. The third kappa shape index (κ3) is 10.3. The summed E-state index contributed by atoms with van der Waals surface area (Å²) in [4.78, 5) is 10.6. The molecule has 0 aliphatic heterocycles. The van der Waals surface area contributed by atoms with Crippen LogP contribution in [0.15, 0.2) is 0 Å². The number of rotatable bonds is 18. The average Bonchev–Trinajstić information content (AvgIpc) is 2.70. The van der Waals surface area contributed by atoms with E-state index < -0.39 is 0 Å². The monoisotopic (exact) mass is 384 g/mol. The van der Waals surface area contributed by atoms with E-state index in [1.807, 2.05) is 0 Å². The molecule has 0 fully saturated rings. The molecular weight excluding hydrogens is 332 g/mol. The van der Waals surface area contributed by atoms with Crippen LogP contribution in [-0.4, -0.2) is 97.1 Å². The van der Waals surface area contributed by atoms with E-state index in [1.165, 1.54) is 84.7 Å². The number of hydrogen-bond donors (Lipinski definition) is 0. The minimum atomic E-state index is 0.697. The molecule has 0 heterocycles. The molecule has 27 heavy (non-hydrogen) atoms. The van der Waals surface area contributed by atoms with Crippen molar-refractivity contribution in [1.82, 2.24) is 19.6 Å². The fourth-order valence-corrected chi connectivity index (χ4v) is 4.44. The Balaban J connectivity index is 5.17. The Morgan fingerprint density at radius 1 is 0.444 bits per heavy atom. The first-order valence-corrected chi connectivity index (χ1v) is 12.0. The van der Waals surface area contributed by atoms with Gasteiger partial charge in [0.1, 0.15) is 0 Å². The lowest BCUT2D eigenvalue weighted by atomic mass is 9.97. The Bertz CT molecular complexity index is 278. The lowest BCUT2D eigenvalue weighted by molar-refractivity contribution is 0.109. The molecular formula is C23H52N4. The quantitative estimate of drug-likeness (QED) is 0.350. The maximum absolute atomic E-state index is 2.71. The minimum Gasteiger partial charge on any atom is -0.304 e. The van der Waals surface area contributed by atoms with Crippen molar-refractivity contribution in [3.63, 3.8) is 0 Å². The summed E-state index contributed by atoms with van der Waals surface area (Å²) in [5.41, 5.74) is 0. The molecule has 0 aromatic rings. The molecule has 0 aliphatic rings. The van der Waals surface area contributed by atoms with Gasteiger partial charge in [-0.3, -0.25) is 0 Å². The smallest absolute Gasteiger partial charge is 0.0122 e. The van der Waals surface area contributed by atoms with Gasteiger partial charge in [-0.15, -0.1) is 0 Å². The molecule has 0 spiro atoms. The van der Waals surface area contributed by atoms with Gasteiger partial charge in [0, 0.05) is 12.1 Å². The van der Waals surface area contributed by atoms with E-state index in [2.05, 4.69) is 75.0 Å². The molecule has 0 amide bonds. The zero-order valence-corrected chi connectivity index (χ0v) is 20.1. The van der Waals surface area contributed by atoms with Crippen LogP contribution >= 0.6 is 0 Å². The summed E-state index contributed by atoms with van der Waals surface area (Å²) >= 11 is 0. The van der Waals surface area contributed by atoms with E-state index in [-0.39, 0.29) is 0 Å². The summed E-state index contributed by atoms with van der Waals surface area (Å²) in [5, 5.41) is 0. The molecule has 2 atom stereocenters. The molecule has 0 radical (unpaired) electrons. The SMILES string of the molecule is CCN(CC)CCC(CC(CCN(CC)CC)N(CC)CC)N(CC)CC. The van der Waals surface area contributed by atoms with Crippen LogP contribution in [0.1, 0.15) is 74.7 Å². The van der Waals surface area contributed by atoms with Crippen LogP contribution in [0.2, 0.25) is 0 Å². The van der Waals surface area contributed by atoms with E-state index in [4.69, 9.17) is 0 Å². The molecule has 4 nitrogen and oxygen atoms in total. The van der Waals surface area contributed by atoms with Gasteiger partial charge in [-0.2, -0.15) is 0 Å². The van der Waals surface area contributed by atoms with Gasteiger partial charge in [-0.1, -0.05) is 55.4 Å². The summed E-state index contributed by atoms with van der Waals surface area (Å²) in [6.07, 6.45) is 3.91. The second-order valence-corrected chi connectivity index (χ2v) is 7.62. The first-order valence-electron chi connectivity index (χ1n) is 12.0. The molecule has 0 bridgehead atoms. The number of hydrogen-bond acceptors (Lipinski definition) is 4. The molecule has 164 valence electrons. The third-order valence-electron chi connectivity index (χ3n) is 6.55. The van der Waals surface area contributed by atoms with Gasteiger partial charge in [-0.05, 0) is 84.7 Å². The van der Waals surface area contributed by atoms with Crippen molar-refractivity contribution in [2.24, 2.45) is 0 Å². The third-order valence-corrected chi connectivity index (χ3v) is 6.55. The van der Waals surface area contributed by atoms with E-state index in [0.29, 0.717) is 12.1 Å². The summed E-state index contributed by atoms with van der Waals surface area (Å²) in [5.74, 6) is 0. The van der Waals surface area contributed by atoms with Gasteiger partial charge in [-0.25, -0.2) is 0 Å². The van der Waals surface area contributed by atoms with Gasteiger partial charge < -0.3 is 19.6 Å². The topological polar surface area (TPSA) is 13.0 Å². The Hall–Kier alpha value is -0.160. The lowest BCUT2D eigenvalue weighted by Crippen LogP contribution is -2.45. The van der Waals surface area contributed by atoms with E-state index in [9.17, 15) is 0 Å². The van der Waals surface area contributed by atoms with Crippen LogP contribution in [0.5, 0.6) is 0 Å². The van der Waals surface area contributed by atoms with Crippen molar-refractivity contribution in [2.75, 3.05) is 65.4 Å². The van der Waals surface area contributed by atoms with Gasteiger partial charge in [0.25, 0.3) is 0 Å². The van der Waals surface area contributed by atoms with E-state index in [0.717, 1.165) is 0 Å². The largest absolute Gasteiger partial charge is 0.304 e. The van der Waals surface area contributed by atoms with Crippen molar-refractivity contribution in [3.05, 3.63) is 0 Å². The zero-order chi connectivity index (χ0) is 20.7. The van der Waals surface area contributed by atoms with Crippen LogP contribution < -0.4 is 0 Å². The fraction of sp³-hybridized carbons (Fsp3) is 1.00. The summed E-state index contributed by atoms with van der Waals surface area (Å²) < 4.78 is 0. The van der Waals surface area contributed by atoms with Crippen LogP contribution in [-0.2, 0) is 0 Å². The van der Waals surface area contributed by atoms with Crippen LogP contribution in [0.4, 0.5) is 0 Å². The lowest BCUT2D eigenvalue weighted by Gasteiger charge is -2.38. The van der Waals surface area contributed by atoms with Gasteiger partial charge >= 0.3 is 0 Å². The van der Waals surface area contributed by atoms with E-state index in [1.54, 1.807) is 0 Å². The molecule has 0 aromatic carbocycles. The summed E-state index contributed by atoms with van der Waals surface area (Å²) in [6.45, 7) is 30.3. The Morgan fingerprint density at radius 2 is 0.741 bits per heavy atom. The Labute approximate surface area is 172 Å². The van der Waals surface area contributed by atoms with Crippen LogP contribution in [0, 0.1) is 0 Å². The average molecular weight is 385 g/mol. The highest BCUT2D eigenvalue weighted by Gasteiger charge is 2.24. The van der Waals surface area contributed by atoms with Gasteiger partial charge in [0.2, 0.25) is 0 Å².